The maximum absolute atomic E-state index is 13.2. The number of pyridine rings is 1. The van der Waals surface area contributed by atoms with Crippen molar-refractivity contribution >= 4 is 23.4 Å². The summed E-state index contributed by atoms with van der Waals surface area (Å²) in [5.41, 5.74) is 1.92. The molecular weight excluding hydrogens is 428 g/mol. The summed E-state index contributed by atoms with van der Waals surface area (Å²) < 4.78 is 10.2. The van der Waals surface area contributed by atoms with Crippen molar-refractivity contribution in [1.82, 2.24) is 4.98 Å². The van der Waals surface area contributed by atoms with Crippen LogP contribution >= 0.6 is 11.8 Å². The molecule has 0 radical (unpaired) electrons. The van der Waals surface area contributed by atoms with E-state index in [1.54, 1.807) is 6.92 Å². The highest BCUT2D eigenvalue weighted by Gasteiger charge is 2.50. The minimum absolute atomic E-state index is 0.232. The fourth-order valence-corrected chi connectivity index (χ4v) is 4.95. The second-order valence-electron chi connectivity index (χ2n) is 7.02. The van der Waals surface area contributed by atoms with Gasteiger partial charge in [-0.2, -0.15) is 0 Å². The summed E-state index contributed by atoms with van der Waals surface area (Å²) in [6, 6.07) is 20.3. The molecule has 0 saturated carbocycles. The number of methoxy groups -OCH3 is 1. The summed E-state index contributed by atoms with van der Waals surface area (Å²) in [4.78, 5) is 28.4. The number of thioether (sulfide) groups is 1. The van der Waals surface area contributed by atoms with E-state index < -0.39 is 21.7 Å². The molecule has 166 valence electrons. The number of nitro groups is 1. The third kappa shape index (κ3) is 4.60. The molecule has 1 heterocycles. The van der Waals surface area contributed by atoms with Crippen molar-refractivity contribution < 1.29 is 19.2 Å². The first-order chi connectivity index (χ1) is 15.4. The molecule has 0 spiro atoms. The topological polar surface area (TPSA) is 91.6 Å². The van der Waals surface area contributed by atoms with E-state index in [0.29, 0.717) is 11.3 Å². The van der Waals surface area contributed by atoms with Gasteiger partial charge in [-0.25, -0.2) is 9.78 Å². The van der Waals surface area contributed by atoms with Crippen LogP contribution in [0.1, 0.15) is 23.6 Å². The Hall–Kier alpha value is -3.39. The zero-order valence-corrected chi connectivity index (χ0v) is 18.9. The van der Waals surface area contributed by atoms with Crippen molar-refractivity contribution in [2.24, 2.45) is 0 Å². The van der Waals surface area contributed by atoms with Gasteiger partial charge in [-0.3, -0.25) is 10.1 Å². The Morgan fingerprint density at radius 2 is 1.69 bits per heavy atom. The maximum Gasteiger partial charge on any atom is 0.349 e. The first-order valence-corrected chi connectivity index (χ1v) is 11.0. The molecular formula is C24H24N2O5S. The molecule has 0 aliphatic rings. The molecule has 0 amide bonds. The van der Waals surface area contributed by atoms with Crippen LogP contribution in [0.2, 0.25) is 0 Å². The molecule has 1 unspecified atom stereocenters. The number of hydrogen-bond acceptors (Lipinski definition) is 7. The number of benzene rings is 2. The lowest BCUT2D eigenvalue weighted by atomic mass is 9.85. The van der Waals surface area contributed by atoms with Gasteiger partial charge >= 0.3 is 11.7 Å². The third-order valence-corrected chi connectivity index (χ3v) is 6.39. The van der Waals surface area contributed by atoms with Crippen molar-refractivity contribution in [2.75, 3.05) is 12.9 Å². The molecule has 0 saturated heterocycles. The second-order valence-corrected chi connectivity index (χ2v) is 8.53. The number of aryl methyl sites for hydroxylation is 1. The normalized spacial score (nSPS) is 12.1. The van der Waals surface area contributed by atoms with Gasteiger partial charge in [0.05, 0.1) is 12.0 Å². The predicted octanol–water partition coefficient (Wildman–Crippen LogP) is 4.92. The number of ether oxygens (including phenoxy) is 2. The first kappa shape index (κ1) is 23.3. The summed E-state index contributed by atoms with van der Waals surface area (Å²) in [5, 5.41) is 11.7. The zero-order valence-electron chi connectivity index (χ0n) is 18.1. The van der Waals surface area contributed by atoms with Gasteiger partial charge in [-0.15, -0.1) is 11.8 Å². The Balaban J connectivity index is 2.28. The van der Waals surface area contributed by atoms with Crippen LogP contribution in [0.4, 0.5) is 5.69 Å². The summed E-state index contributed by atoms with van der Waals surface area (Å²) in [5.74, 6) is -0.247. The average Bonchev–Trinajstić information content (AvgIpc) is 2.82. The van der Waals surface area contributed by atoms with Gasteiger partial charge in [0.2, 0.25) is 6.10 Å². The Bertz CT molecular complexity index is 1040. The minimum atomic E-state index is -1.24. The summed E-state index contributed by atoms with van der Waals surface area (Å²) in [7, 11) is 1.27. The van der Waals surface area contributed by atoms with E-state index in [1.165, 1.54) is 31.1 Å². The number of carbonyl (C=O) groups is 1. The highest BCUT2D eigenvalue weighted by molar-refractivity contribution is 8.00. The van der Waals surface area contributed by atoms with Crippen molar-refractivity contribution in [3.05, 3.63) is 99.7 Å². The largest absolute Gasteiger partial charge is 0.466 e. The number of esters is 1. The van der Waals surface area contributed by atoms with Crippen LogP contribution < -0.4 is 4.74 Å². The Morgan fingerprint density at radius 1 is 1.12 bits per heavy atom. The molecule has 1 atom stereocenters. The molecule has 0 aliphatic heterocycles. The van der Waals surface area contributed by atoms with Gasteiger partial charge in [-0.1, -0.05) is 67.6 Å². The minimum Gasteiger partial charge on any atom is -0.466 e. The number of hydrogen-bond donors (Lipinski definition) is 0. The molecule has 0 fully saturated rings. The molecule has 0 N–H and O–H groups in total. The molecule has 3 rings (SSSR count). The van der Waals surface area contributed by atoms with E-state index in [4.69, 9.17) is 9.47 Å². The molecule has 2 aromatic carbocycles. The van der Waals surface area contributed by atoms with E-state index in [9.17, 15) is 14.9 Å². The Morgan fingerprint density at radius 3 is 2.16 bits per heavy atom. The van der Waals surface area contributed by atoms with Gasteiger partial charge in [0, 0.05) is 12.3 Å². The van der Waals surface area contributed by atoms with Crippen molar-refractivity contribution in [2.45, 2.75) is 24.7 Å². The van der Waals surface area contributed by atoms with Crippen LogP contribution in [0.3, 0.4) is 0 Å². The van der Waals surface area contributed by atoms with Gasteiger partial charge in [0.1, 0.15) is 4.75 Å². The van der Waals surface area contributed by atoms with E-state index in [1.807, 2.05) is 67.6 Å². The van der Waals surface area contributed by atoms with Crippen LogP contribution in [0, 0.1) is 17.0 Å². The molecule has 32 heavy (non-hydrogen) atoms. The fraction of sp³-hybridized carbons (Fsp3) is 0.250. The Kier molecular flexibility index (Phi) is 7.48. The zero-order chi connectivity index (χ0) is 23.1. The van der Waals surface area contributed by atoms with Crippen molar-refractivity contribution in [3.63, 3.8) is 0 Å². The second kappa shape index (κ2) is 10.3. The van der Waals surface area contributed by atoms with E-state index in [-0.39, 0.29) is 11.6 Å². The number of carbonyl (C=O) groups excluding carboxylic acids is 1. The summed E-state index contributed by atoms with van der Waals surface area (Å²) in [6.45, 7) is 3.68. The fourth-order valence-electron chi connectivity index (χ4n) is 3.59. The van der Waals surface area contributed by atoms with Crippen LogP contribution in [0.15, 0.2) is 72.9 Å². The monoisotopic (exact) mass is 452 g/mol. The number of nitrogens with zero attached hydrogens (tertiary/aromatic N) is 2. The predicted molar refractivity (Wildman–Crippen MR) is 124 cm³/mol. The van der Waals surface area contributed by atoms with Gasteiger partial charge < -0.3 is 9.47 Å². The lowest BCUT2D eigenvalue weighted by Gasteiger charge is -2.39. The van der Waals surface area contributed by atoms with E-state index in [0.717, 1.165) is 11.1 Å². The first-order valence-electron chi connectivity index (χ1n) is 10.0. The molecule has 1 aromatic heterocycles. The van der Waals surface area contributed by atoms with Crippen LogP contribution in [-0.2, 0) is 14.3 Å². The maximum atomic E-state index is 13.2. The Labute approximate surface area is 190 Å². The standard InChI is InChI=1S/C24H24N2O5S/c1-4-32-24(18-11-7-5-8-12-18,19-13-9-6-10-14-19)21(23(27)30-3)31-22-20(26(28)29)15-17(2)16-25-22/h5-16,21H,4H2,1-3H3. The van der Waals surface area contributed by atoms with Gasteiger partial charge in [-0.05, 0) is 29.4 Å². The lowest BCUT2D eigenvalue weighted by Crippen LogP contribution is -2.48. The SMILES string of the molecule is CCSC(c1ccccc1)(c1ccccc1)C(Oc1ncc(C)cc1[N+](=O)[O-])C(=O)OC. The number of rotatable bonds is 9. The third-order valence-electron chi connectivity index (χ3n) is 4.96. The molecule has 8 heteroatoms. The van der Waals surface area contributed by atoms with Crippen LogP contribution in [0.25, 0.3) is 0 Å². The molecule has 7 nitrogen and oxygen atoms in total. The quantitative estimate of drug-likeness (QED) is 0.259. The van der Waals surface area contributed by atoms with Gasteiger partial charge in [0.25, 0.3) is 5.88 Å². The van der Waals surface area contributed by atoms with Crippen molar-refractivity contribution in [1.29, 1.82) is 0 Å². The van der Waals surface area contributed by atoms with E-state index >= 15 is 0 Å². The van der Waals surface area contributed by atoms with Crippen LogP contribution in [-0.4, -0.2) is 34.8 Å². The van der Waals surface area contributed by atoms with Crippen molar-refractivity contribution in [3.8, 4) is 5.88 Å². The highest BCUT2D eigenvalue weighted by Crippen LogP contribution is 2.48. The number of aromatic nitrogens is 1. The average molecular weight is 453 g/mol. The van der Waals surface area contributed by atoms with Crippen LogP contribution in [0.5, 0.6) is 5.88 Å². The summed E-state index contributed by atoms with van der Waals surface area (Å²) in [6.07, 6.45) is 0.229. The van der Waals surface area contributed by atoms with Gasteiger partial charge in [0.15, 0.2) is 0 Å². The van der Waals surface area contributed by atoms with E-state index in [2.05, 4.69) is 4.98 Å². The summed E-state index contributed by atoms with van der Waals surface area (Å²) >= 11 is 1.50. The molecule has 3 aromatic rings. The highest BCUT2D eigenvalue weighted by atomic mass is 32.2. The molecule has 0 aliphatic carbocycles. The lowest BCUT2D eigenvalue weighted by molar-refractivity contribution is -0.386. The smallest absolute Gasteiger partial charge is 0.349 e. The molecule has 0 bridgehead atoms.